The van der Waals surface area contributed by atoms with E-state index in [0.29, 0.717) is 24.0 Å². The normalized spacial score (nSPS) is 10.7. The highest BCUT2D eigenvalue weighted by Gasteiger charge is 2.06. The van der Waals surface area contributed by atoms with Crippen molar-refractivity contribution in [3.63, 3.8) is 0 Å². The Labute approximate surface area is 112 Å². The number of benzene rings is 1. The number of nitrogens with one attached hydrogen (secondary N) is 1. The first-order chi connectivity index (χ1) is 9.02. The Morgan fingerprint density at radius 1 is 1.47 bits per heavy atom. The zero-order valence-electron chi connectivity index (χ0n) is 11.3. The number of nitrogens with zero attached hydrogens (tertiary/aromatic N) is 1. The summed E-state index contributed by atoms with van der Waals surface area (Å²) in [6.45, 7) is 4.72. The summed E-state index contributed by atoms with van der Waals surface area (Å²) in [7, 11) is 1.58. The number of nitrogens with two attached hydrogens (primary N) is 1. The monoisotopic (exact) mass is 265 g/mol. The molecule has 0 saturated heterocycles. The summed E-state index contributed by atoms with van der Waals surface area (Å²) in [4.78, 5) is 10.5. The Balaban J connectivity index is 2.82. The number of hydrazone groups is 1. The van der Waals surface area contributed by atoms with Crippen molar-refractivity contribution in [3.05, 3.63) is 23.8 Å². The van der Waals surface area contributed by atoms with Crippen molar-refractivity contribution >= 4 is 12.2 Å². The maximum atomic E-state index is 10.5. The molecule has 0 unspecified atom stereocenters. The fourth-order valence-electron chi connectivity index (χ4n) is 1.31. The summed E-state index contributed by atoms with van der Waals surface area (Å²) in [5.41, 5.74) is 7.80. The van der Waals surface area contributed by atoms with Gasteiger partial charge < -0.3 is 15.2 Å². The molecule has 104 valence electrons. The fourth-order valence-corrected chi connectivity index (χ4v) is 1.31. The van der Waals surface area contributed by atoms with Crippen LogP contribution in [0.25, 0.3) is 0 Å². The van der Waals surface area contributed by atoms with E-state index in [-0.39, 0.29) is 0 Å². The molecule has 3 N–H and O–H groups in total. The molecule has 0 heterocycles. The highest BCUT2D eigenvalue weighted by molar-refractivity contribution is 5.82. The van der Waals surface area contributed by atoms with Crippen LogP contribution >= 0.6 is 0 Å². The van der Waals surface area contributed by atoms with E-state index < -0.39 is 6.03 Å². The third-order valence-corrected chi connectivity index (χ3v) is 2.15. The lowest BCUT2D eigenvalue weighted by Crippen LogP contribution is -2.24. The maximum absolute atomic E-state index is 10.5. The smallest absolute Gasteiger partial charge is 0.332 e. The maximum Gasteiger partial charge on any atom is 0.332 e. The molecule has 0 fully saturated rings. The predicted molar refractivity (Wildman–Crippen MR) is 73.6 cm³/mol. The van der Waals surface area contributed by atoms with Crippen LogP contribution in [0.3, 0.4) is 0 Å². The molecule has 1 aromatic rings. The number of amides is 2. The van der Waals surface area contributed by atoms with Crippen molar-refractivity contribution in [2.24, 2.45) is 16.8 Å². The van der Waals surface area contributed by atoms with Gasteiger partial charge in [0.1, 0.15) is 0 Å². The van der Waals surface area contributed by atoms with E-state index in [2.05, 4.69) is 24.4 Å². The number of hydrogen-bond donors (Lipinski definition) is 2. The Morgan fingerprint density at radius 3 is 2.79 bits per heavy atom. The molecule has 0 saturated carbocycles. The van der Waals surface area contributed by atoms with Crippen LogP contribution < -0.4 is 20.6 Å². The molecule has 0 aliphatic carbocycles. The third kappa shape index (κ3) is 5.29. The molecule has 19 heavy (non-hydrogen) atoms. The van der Waals surface area contributed by atoms with Gasteiger partial charge in [0.05, 0.1) is 19.9 Å². The fraction of sp³-hybridized carbons (Fsp3) is 0.385. The lowest BCUT2D eigenvalue weighted by molar-refractivity contribution is 0.249. The van der Waals surface area contributed by atoms with E-state index in [1.807, 2.05) is 0 Å². The Kier molecular flexibility index (Phi) is 5.66. The van der Waals surface area contributed by atoms with Crippen LogP contribution in [0.15, 0.2) is 23.3 Å². The highest BCUT2D eigenvalue weighted by atomic mass is 16.5. The van der Waals surface area contributed by atoms with Gasteiger partial charge in [0.2, 0.25) is 0 Å². The number of ether oxygens (including phenoxy) is 2. The average Bonchev–Trinajstić information content (AvgIpc) is 2.36. The number of hydrogen-bond acceptors (Lipinski definition) is 4. The second kappa shape index (κ2) is 7.25. The van der Waals surface area contributed by atoms with Gasteiger partial charge in [0.25, 0.3) is 0 Å². The van der Waals surface area contributed by atoms with E-state index in [4.69, 9.17) is 15.2 Å². The Hall–Kier alpha value is -2.24. The quantitative estimate of drug-likeness (QED) is 0.606. The van der Waals surface area contributed by atoms with E-state index in [1.54, 1.807) is 25.3 Å². The molecule has 0 aromatic heterocycles. The molecule has 2 amide bonds. The van der Waals surface area contributed by atoms with Gasteiger partial charge in [-0.15, -0.1) is 0 Å². The van der Waals surface area contributed by atoms with Gasteiger partial charge in [-0.2, -0.15) is 5.10 Å². The van der Waals surface area contributed by atoms with Gasteiger partial charge in [-0.25, -0.2) is 10.2 Å². The molecule has 1 aromatic carbocycles. The molecule has 6 heteroatoms. The SMILES string of the molecule is COc1ccc(/C=N/NC(N)=O)cc1OCC(C)C. The third-order valence-electron chi connectivity index (χ3n) is 2.15. The number of carbonyl (C=O) groups is 1. The van der Waals surface area contributed by atoms with E-state index in [1.165, 1.54) is 6.21 Å². The number of primary amides is 1. The summed E-state index contributed by atoms with van der Waals surface area (Å²) in [6.07, 6.45) is 1.48. The van der Waals surface area contributed by atoms with E-state index in [9.17, 15) is 4.79 Å². The molecular weight excluding hydrogens is 246 g/mol. The molecular formula is C13H19N3O3. The molecule has 0 atom stereocenters. The zero-order chi connectivity index (χ0) is 14.3. The lowest BCUT2D eigenvalue weighted by Gasteiger charge is -2.12. The molecule has 0 spiro atoms. The zero-order valence-corrected chi connectivity index (χ0v) is 11.3. The van der Waals surface area contributed by atoms with Crippen LogP contribution in [0.1, 0.15) is 19.4 Å². The number of urea groups is 1. The molecule has 0 aliphatic rings. The average molecular weight is 265 g/mol. The van der Waals surface area contributed by atoms with Crippen molar-refractivity contribution in [1.82, 2.24) is 5.43 Å². The van der Waals surface area contributed by atoms with Crippen LogP contribution in [0.4, 0.5) is 4.79 Å². The van der Waals surface area contributed by atoms with Gasteiger partial charge in [-0.1, -0.05) is 13.8 Å². The van der Waals surface area contributed by atoms with E-state index in [0.717, 1.165) is 5.56 Å². The van der Waals surface area contributed by atoms with Gasteiger partial charge >= 0.3 is 6.03 Å². The number of rotatable bonds is 6. The van der Waals surface area contributed by atoms with Crippen LogP contribution in [-0.4, -0.2) is 26.0 Å². The summed E-state index contributed by atoms with van der Waals surface area (Å²) in [5.74, 6) is 1.71. The van der Waals surface area contributed by atoms with Crippen molar-refractivity contribution < 1.29 is 14.3 Å². The lowest BCUT2D eigenvalue weighted by atomic mass is 10.2. The predicted octanol–water partition coefficient (Wildman–Crippen LogP) is 1.73. The van der Waals surface area contributed by atoms with Crippen molar-refractivity contribution in [3.8, 4) is 11.5 Å². The van der Waals surface area contributed by atoms with Crippen molar-refractivity contribution in [1.29, 1.82) is 0 Å². The van der Waals surface area contributed by atoms with Gasteiger partial charge in [-0.05, 0) is 29.7 Å². The van der Waals surface area contributed by atoms with E-state index >= 15 is 0 Å². The Bertz CT molecular complexity index is 458. The largest absolute Gasteiger partial charge is 0.493 e. The summed E-state index contributed by atoms with van der Waals surface area (Å²) in [5, 5.41) is 3.69. The molecule has 0 bridgehead atoms. The summed E-state index contributed by atoms with van der Waals surface area (Å²) >= 11 is 0. The minimum Gasteiger partial charge on any atom is -0.493 e. The first kappa shape index (κ1) is 14.8. The summed E-state index contributed by atoms with van der Waals surface area (Å²) in [6, 6.07) is 4.66. The minimum absolute atomic E-state index is 0.415. The minimum atomic E-state index is -0.707. The molecule has 0 radical (unpaired) electrons. The van der Waals surface area contributed by atoms with Crippen molar-refractivity contribution in [2.75, 3.05) is 13.7 Å². The molecule has 1 rings (SSSR count). The Morgan fingerprint density at radius 2 is 2.21 bits per heavy atom. The summed E-state index contributed by atoms with van der Waals surface area (Å²) < 4.78 is 10.9. The van der Waals surface area contributed by atoms with Crippen LogP contribution in [0.5, 0.6) is 11.5 Å². The van der Waals surface area contributed by atoms with Gasteiger partial charge in [0.15, 0.2) is 11.5 Å². The second-order valence-corrected chi connectivity index (χ2v) is 4.35. The standard InChI is InChI=1S/C13H19N3O3/c1-9(2)8-19-12-6-10(4-5-11(12)18-3)7-15-16-13(14)17/h4-7,9H,8H2,1-3H3,(H3,14,16,17)/b15-7+. The number of methoxy groups -OCH3 is 1. The highest BCUT2D eigenvalue weighted by Crippen LogP contribution is 2.27. The molecule has 6 nitrogen and oxygen atoms in total. The van der Waals surface area contributed by atoms with Crippen molar-refractivity contribution in [2.45, 2.75) is 13.8 Å². The molecule has 0 aliphatic heterocycles. The van der Waals surface area contributed by atoms with Gasteiger partial charge in [0, 0.05) is 0 Å². The van der Waals surface area contributed by atoms with Crippen LogP contribution in [-0.2, 0) is 0 Å². The second-order valence-electron chi connectivity index (χ2n) is 4.35. The number of carbonyl (C=O) groups excluding carboxylic acids is 1. The van der Waals surface area contributed by atoms with Gasteiger partial charge in [-0.3, -0.25) is 0 Å². The first-order valence-electron chi connectivity index (χ1n) is 5.92. The first-order valence-corrected chi connectivity index (χ1v) is 5.92. The van der Waals surface area contributed by atoms with Crippen LogP contribution in [0, 0.1) is 5.92 Å². The topological polar surface area (TPSA) is 85.9 Å². The van der Waals surface area contributed by atoms with Crippen LogP contribution in [0.2, 0.25) is 0 Å².